The second-order valence-corrected chi connectivity index (χ2v) is 10.0. The van der Waals surface area contributed by atoms with Crippen molar-refractivity contribution in [1.82, 2.24) is 15.6 Å². The maximum atomic E-state index is 12.6. The number of amides is 2. The molecule has 7 nitrogen and oxygen atoms in total. The number of rotatable bonds is 10. The Balaban J connectivity index is 1.57. The van der Waals surface area contributed by atoms with Gasteiger partial charge >= 0.3 is 12.2 Å². The van der Waals surface area contributed by atoms with Crippen LogP contribution in [0.4, 0.5) is 9.59 Å². The molecule has 1 atom stereocenters. The summed E-state index contributed by atoms with van der Waals surface area (Å²) in [4.78, 5) is 29.2. The maximum absolute atomic E-state index is 12.6. The third-order valence-corrected chi connectivity index (χ3v) is 5.94. The molecule has 0 saturated carbocycles. The van der Waals surface area contributed by atoms with Gasteiger partial charge in [-0.3, -0.25) is 0 Å². The van der Waals surface area contributed by atoms with Gasteiger partial charge in [-0.2, -0.15) is 0 Å². The molecule has 0 radical (unpaired) electrons. The zero-order valence-corrected chi connectivity index (χ0v) is 21.3. The normalized spacial score (nSPS) is 12.0. The predicted molar refractivity (Wildman–Crippen MR) is 138 cm³/mol. The molecule has 186 valence electrons. The van der Waals surface area contributed by atoms with Gasteiger partial charge in [0, 0.05) is 17.5 Å². The molecule has 2 amide bonds. The molecule has 0 aliphatic carbocycles. The smallest absolute Gasteiger partial charge is 0.408 e. The second-order valence-electron chi connectivity index (χ2n) is 9.12. The average molecular weight is 496 g/mol. The van der Waals surface area contributed by atoms with Crippen LogP contribution in [0.15, 0.2) is 66.0 Å². The lowest BCUT2D eigenvalue weighted by molar-refractivity contribution is 0.0527. The Hall–Kier alpha value is -3.39. The number of thiazole rings is 1. The summed E-state index contributed by atoms with van der Waals surface area (Å²) >= 11 is 1.51. The van der Waals surface area contributed by atoms with Gasteiger partial charge in [0.05, 0.1) is 11.7 Å². The summed E-state index contributed by atoms with van der Waals surface area (Å²) in [6.45, 7) is 6.19. The minimum Gasteiger partial charge on any atom is -0.445 e. The molecular weight excluding hydrogens is 462 g/mol. The van der Waals surface area contributed by atoms with Crippen molar-refractivity contribution in [3.05, 3.63) is 76.6 Å². The maximum Gasteiger partial charge on any atom is 0.408 e. The Morgan fingerprint density at radius 1 is 0.971 bits per heavy atom. The Morgan fingerprint density at radius 3 is 2.34 bits per heavy atom. The van der Waals surface area contributed by atoms with Gasteiger partial charge in [-0.1, -0.05) is 60.7 Å². The summed E-state index contributed by atoms with van der Waals surface area (Å²) in [7, 11) is 0. The van der Waals surface area contributed by atoms with Crippen molar-refractivity contribution in [2.45, 2.75) is 58.3 Å². The highest BCUT2D eigenvalue weighted by molar-refractivity contribution is 7.10. The van der Waals surface area contributed by atoms with Crippen molar-refractivity contribution in [2.75, 3.05) is 6.54 Å². The Labute approximate surface area is 210 Å². The van der Waals surface area contributed by atoms with Gasteiger partial charge in [0.15, 0.2) is 0 Å². The molecular formula is C27H33N3O4S. The van der Waals surface area contributed by atoms with Crippen molar-refractivity contribution in [1.29, 1.82) is 0 Å². The van der Waals surface area contributed by atoms with E-state index < -0.39 is 17.8 Å². The van der Waals surface area contributed by atoms with Crippen LogP contribution in [0.2, 0.25) is 0 Å². The first-order chi connectivity index (χ1) is 16.8. The van der Waals surface area contributed by atoms with Crippen molar-refractivity contribution < 1.29 is 19.1 Å². The quantitative estimate of drug-likeness (QED) is 0.315. The SMILES string of the molecule is CC(C)(C)OC(=O)NCCCCC(NC(=O)OCc1ccccc1)c1nc(-c2ccccc2)cs1. The standard InChI is InChI=1S/C27H33N3O4S/c1-27(2,3)34-25(31)28-17-11-10-16-22(30-26(32)33-18-20-12-6-4-7-13-20)24-29-23(19-35-24)21-14-8-5-9-15-21/h4-9,12-15,19,22H,10-11,16-18H2,1-3H3,(H,28,31)(H,30,32). The molecule has 2 aromatic carbocycles. The first kappa shape index (κ1) is 26.2. The molecule has 2 N–H and O–H groups in total. The number of carbonyl (C=O) groups excluding carboxylic acids is 2. The van der Waals surface area contributed by atoms with Gasteiger partial charge in [0.1, 0.15) is 17.2 Å². The molecule has 35 heavy (non-hydrogen) atoms. The van der Waals surface area contributed by atoms with Crippen LogP contribution in [-0.2, 0) is 16.1 Å². The number of benzene rings is 2. The molecule has 0 bridgehead atoms. The fraction of sp³-hybridized carbons (Fsp3) is 0.370. The number of alkyl carbamates (subject to hydrolysis) is 2. The van der Waals surface area contributed by atoms with Crippen molar-refractivity contribution in [3.8, 4) is 11.3 Å². The molecule has 3 rings (SSSR count). The van der Waals surface area contributed by atoms with Gasteiger partial charge in [-0.05, 0) is 45.6 Å². The van der Waals surface area contributed by atoms with Crippen LogP contribution in [0, 0.1) is 0 Å². The third-order valence-electron chi connectivity index (χ3n) is 4.98. The molecule has 1 heterocycles. The van der Waals surface area contributed by atoms with E-state index in [1.165, 1.54) is 11.3 Å². The minimum atomic E-state index is -0.527. The number of carbonyl (C=O) groups is 2. The first-order valence-electron chi connectivity index (χ1n) is 11.7. The van der Waals surface area contributed by atoms with Crippen LogP contribution < -0.4 is 10.6 Å². The van der Waals surface area contributed by atoms with Crippen molar-refractivity contribution in [3.63, 3.8) is 0 Å². The minimum absolute atomic E-state index is 0.201. The Bertz CT molecular complexity index is 1060. The highest BCUT2D eigenvalue weighted by Gasteiger charge is 2.20. The van der Waals surface area contributed by atoms with E-state index in [0.29, 0.717) is 13.0 Å². The number of hydrogen-bond acceptors (Lipinski definition) is 6. The second kappa shape index (κ2) is 12.9. The number of hydrogen-bond donors (Lipinski definition) is 2. The van der Waals surface area contributed by atoms with E-state index in [4.69, 9.17) is 14.5 Å². The molecule has 1 unspecified atom stereocenters. The molecule has 0 aliphatic heterocycles. The van der Waals surface area contributed by atoms with E-state index in [1.807, 2.05) is 86.8 Å². The zero-order chi connectivity index (χ0) is 25.1. The highest BCUT2D eigenvalue weighted by atomic mass is 32.1. The van der Waals surface area contributed by atoms with Crippen LogP contribution in [0.1, 0.15) is 56.6 Å². The monoisotopic (exact) mass is 495 g/mol. The van der Waals surface area contributed by atoms with Crippen LogP contribution in [0.3, 0.4) is 0 Å². The Kier molecular flexibility index (Phi) is 9.66. The van der Waals surface area contributed by atoms with Crippen molar-refractivity contribution in [2.24, 2.45) is 0 Å². The van der Waals surface area contributed by atoms with Crippen molar-refractivity contribution >= 4 is 23.5 Å². The van der Waals surface area contributed by atoms with Crippen LogP contribution in [0.5, 0.6) is 0 Å². The summed E-state index contributed by atoms with van der Waals surface area (Å²) in [5.41, 5.74) is 2.30. The molecule has 1 aromatic heterocycles. The van der Waals surface area contributed by atoms with E-state index in [2.05, 4.69) is 10.6 Å². The van der Waals surface area contributed by atoms with E-state index in [1.54, 1.807) is 0 Å². The van der Waals surface area contributed by atoms with E-state index in [9.17, 15) is 9.59 Å². The lowest BCUT2D eigenvalue weighted by Crippen LogP contribution is -2.33. The number of nitrogens with one attached hydrogen (secondary N) is 2. The lowest BCUT2D eigenvalue weighted by atomic mass is 10.1. The summed E-state index contributed by atoms with van der Waals surface area (Å²) in [6, 6.07) is 19.2. The van der Waals surface area contributed by atoms with Gasteiger partial charge in [-0.25, -0.2) is 14.6 Å². The van der Waals surface area contributed by atoms with Crippen LogP contribution in [-0.4, -0.2) is 29.3 Å². The van der Waals surface area contributed by atoms with Gasteiger partial charge < -0.3 is 20.1 Å². The summed E-state index contributed by atoms with van der Waals surface area (Å²) < 4.78 is 10.7. The Morgan fingerprint density at radius 2 is 1.66 bits per heavy atom. The average Bonchev–Trinajstić information content (AvgIpc) is 3.32. The number of aromatic nitrogens is 1. The highest BCUT2D eigenvalue weighted by Crippen LogP contribution is 2.28. The fourth-order valence-electron chi connectivity index (χ4n) is 3.33. The fourth-order valence-corrected chi connectivity index (χ4v) is 4.24. The number of ether oxygens (including phenoxy) is 2. The first-order valence-corrected chi connectivity index (χ1v) is 12.6. The van der Waals surface area contributed by atoms with Gasteiger partial charge in [0.25, 0.3) is 0 Å². The number of nitrogens with zero attached hydrogens (tertiary/aromatic N) is 1. The molecule has 8 heteroatoms. The van der Waals surface area contributed by atoms with Gasteiger partial charge in [-0.15, -0.1) is 11.3 Å². The van der Waals surface area contributed by atoms with Crippen LogP contribution in [0.25, 0.3) is 11.3 Å². The summed E-state index contributed by atoms with van der Waals surface area (Å²) in [5.74, 6) is 0. The molecule has 0 spiro atoms. The summed E-state index contributed by atoms with van der Waals surface area (Å²) in [5, 5.41) is 8.56. The molecule has 3 aromatic rings. The largest absolute Gasteiger partial charge is 0.445 e. The van der Waals surface area contributed by atoms with E-state index in [-0.39, 0.29) is 12.6 Å². The predicted octanol–water partition coefficient (Wildman–Crippen LogP) is 6.47. The van der Waals surface area contributed by atoms with E-state index >= 15 is 0 Å². The van der Waals surface area contributed by atoms with Crippen LogP contribution >= 0.6 is 11.3 Å². The third kappa shape index (κ3) is 9.41. The molecule has 0 saturated heterocycles. The summed E-state index contributed by atoms with van der Waals surface area (Å²) in [6.07, 6.45) is 1.27. The number of unbranched alkanes of at least 4 members (excludes halogenated alkanes) is 1. The van der Waals surface area contributed by atoms with Gasteiger partial charge in [0.2, 0.25) is 0 Å². The zero-order valence-electron chi connectivity index (χ0n) is 20.5. The topological polar surface area (TPSA) is 89.6 Å². The molecule has 0 aliphatic rings. The van der Waals surface area contributed by atoms with E-state index in [0.717, 1.165) is 34.7 Å². The molecule has 0 fully saturated rings. The lowest BCUT2D eigenvalue weighted by Gasteiger charge is -2.20.